The molecule has 0 atom stereocenters. The number of aryl methyl sites for hydroxylation is 1. The Kier molecular flexibility index (Phi) is 4.33. The van der Waals surface area contributed by atoms with Gasteiger partial charge in [0.1, 0.15) is 5.82 Å². The Morgan fingerprint density at radius 2 is 2.08 bits per heavy atom. The molecule has 1 fully saturated rings. The minimum atomic E-state index is -0.189. The van der Waals surface area contributed by atoms with Crippen molar-refractivity contribution >= 4 is 38.4 Å². The highest BCUT2D eigenvalue weighted by Gasteiger charge is 2.20. The van der Waals surface area contributed by atoms with Crippen LogP contribution in [-0.2, 0) is 4.74 Å². The number of nitrogens with one attached hydrogen (secondary N) is 1. The van der Waals surface area contributed by atoms with Crippen LogP contribution in [0.1, 0.15) is 15.9 Å². The second kappa shape index (κ2) is 6.78. The number of carbonyl (C=O) groups is 1. The Morgan fingerprint density at radius 3 is 2.88 bits per heavy atom. The lowest BCUT2D eigenvalue weighted by molar-refractivity contribution is 0.102. The molecule has 1 aliphatic heterocycles. The maximum atomic E-state index is 12.8. The second-order valence-corrected chi connectivity index (χ2v) is 6.90. The van der Waals surface area contributed by atoms with Crippen molar-refractivity contribution in [2.45, 2.75) is 6.92 Å². The molecule has 1 saturated heterocycles. The van der Waals surface area contributed by atoms with Crippen LogP contribution in [0.5, 0.6) is 0 Å². The SMILES string of the molecule is Cc1cccc2sc(NC(=O)c3cccnc3N3CCOCC3)nc12. The molecule has 0 bridgehead atoms. The molecule has 7 heteroatoms. The van der Waals surface area contributed by atoms with Gasteiger partial charge in [-0.1, -0.05) is 23.5 Å². The highest BCUT2D eigenvalue weighted by Crippen LogP contribution is 2.29. The molecule has 2 aromatic heterocycles. The van der Waals surface area contributed by atoms with E-state index in [2.05, 4.69) is 20.2 Å². The van der Waals surface area contributed by atoms with Crippen molar-refractivity contribution in [3.63, 3.8) is 0 Å². The lowest BCUT2D eigenvalue weighted by Gasteiger charge is -2.29. The first-order valence-corrected chi connectivity index (χ1v) is 8.99. The third-order valence-electron chi connectivity index (χ3n) is 4.18. The fourth-order valence-corrected chi connectivity index (χ4v) is 3.84. The van der Waals surface area contributed by atoms with Gasteiger partial charge in [-0.3, -0.25) is 10.1 Å². The second-order valence-electron chi connectivity index (χ2n) is 5.87. The van der Waals surface area contributed by atoms with E-state index in [0.29, 0.717) is 29.7 Å². The smallest absolute Gasteiger partial charge is 0.261 e. The first kappa shape index (κ1) is 16.0. The summed E-state index contributed by atoms with van der Waals surface area (Å²) in [6, 6.07) is 9.61. The summed E-state index contributed by atoms with van der Waals surface area (Å²) in [5, 5.41) is 3.53. The summed E-state index contributed by atoms with van der Waals surface area (Å²) < 4.78 is 6.45. The van der Waals surface area contributed by atoms with Crippen LogP contribution in [0.4, 0.5) is 10.9 Å². The van der Waals surface area contributed by atoms with E-state index in [1.54, 1.807) is 18.3 Å². The van der Waals surface area contributed by atoms with Crippen molar-refractivity contribution in [2.75, 3.05) is 36.5 Å². The number of hydrogen-bond acceptors (Lipinski definition) is 6. The standard InChI is InChI=1S/C18H18N4O2S/c1-12-4-2-6-14-15(12)20-18(25-14)21-17(23)13-5-3-7-19-16(13)22-8-10-24-11-9-22/h2-7H,8-11H2,1H3,(H,20,21,23). The van der Waals surface area contributed by atoms with E-state index < -0.39 is 0 Å². The van der Waals surface area contributed by atoms with E-state index in [4.69, 9.17) is 4.74 Å². The lowest BCUT2D eigenvalue weighted by Crippen LogP contribution is -2.38. The highest BCUT2D eigenvalue weighted by molar-refractivity contribution is 7.22. The van der Waals surface area contributed by atoms with E-state index in [1.165, 1.54) is 11.3 Å². The topological polar surface area (TPSA) is 67.4 Å². The predicted molar refractivity (Wildman–Crippen MR) is 99.6 cm³/mol. The first-order valence-electron chi connectivity index (χ1n) is 8.17. The van der Waals surface area contributed by atoms with Crippen LogP contribution in [0.15, 0.2) is 36.5 Å². The van der Waals surface area contributed by atoms with Crippen LogP contribution in [0.2, 0.25) is 0 Å². The molecule has 1 N–H and O–H groups in total. The Balaban J connectivity index is 1.61. The lowest BCUT2D eigenvalue weighted by atomic mass is 10.2. The summed E-state index contributed by atoms with van der Waals surface area (Å²) in [6.45, 7) is 4.78. The van der Waals surface area contributed by atoms with E-state index in [0.717, 1.165) is 28.9 Å². The predicted octanol–water partition coefficient (Wildman–Crippen LogP) is 3.09. The number of pyridine rings is 1. The molecule has 3 heterocycles. The summed E-state index contributed by atoms with van der Waals surface area (Å²) in [4.78, 5) is 23.8. The Morgan fingerprint density at radius 1 is 1.24 bits per heavy atom. The zero-order chi connectivity index (χ0) is 17.2. The fraction of sp³-hybridized carbons (Fsp3) is 0.278. The molecule has 0 saturated carbocycles. The third kappa shape index (κ3) is 3.20. The van der Waals surface area contributed by atoms with Crippen LogP contribution < -0.4 is 10.2 Å². The molecule has 1 aliphatic rings. The number of carbonyl (C=O) groups excluding carboxylic acids is 1. The van der Waals surface area contributed by atoms with Crippen molar-refractivity contribution in [2.24, 2.45) is 0 Å². The number of aromatic nitrogens is 2. The summed E-state index contributed by atoms with van der Waals surface area (Å²) in [5.74, 6) is 0.506. The van der Waals surface area contributed by atoms with Crippen molar-refractivity contribution < 1.29 is 9.53 Å². The minimum Gasteiger partial charge on any atom is -0.378 e. The van der Waals surface area contributed by atoms with Crippen LogP contribution in [0.3, 0.4) is 0 Å². The van der Waals surface area contributed by atoms with Crippen LogP contribution in [0, 0.1) is 6.92 Å². The number of nitrogens with zero attached hydrogens (tertiary/aromatic N) is 3. The van der Waals surface area contributed by atoms with Gasteiger partial charge >= 0.3 is 0 Å². The molecule has 6 nitrogen and oxygen atoms in total. The van der Waals surface area contributed by atoms with Gasteiger partial charge in [-0.2, -0.15) is 0 Å². The van der Waals surface area contributed by atoms with Gasteiger partial charge < -0.3 is 9.64 Å². The van der Waals surface area contributed by atoms with E-state index in [9.17, 15) is 4.79 Å². The van der Waals surface area contributed by atoms with Gasteiger partial charge in [0.15, 0.2) is 5.13 Å². The molecule has 0 radical (unpaired) electrons. The van der Waals surface area contributed by atoms with Gasteiger partial charge in [-0.25, -0.2) is 9.97 Å². The fourth-order valence-electron chi connectivity index (χ4n) is 2.91. The molecule has 1 amide bonds. The Bertz CT molecular complexity index is 918. The minimum absolute atomic E-state index is 0.189. The van der Waals surface area contributed by atoms with E-state index in [1.807, 2.05) is 25.1 Å². The number of benzene rings is 1. The molecule has 0 unspecified atom stereocenters. The van der Waals surface area contributed by atoms with Gasteiger partial charge in [0.2, 0.25) is 0 Å². The van der Waals surface area contributed by atoms with Crippen LogP contribution >= 0.6 is 11.3 Å². The summed E-state index contributed by atoms with van der Waals surface area (Å²) in [7, 11) is 0. The van der Waals surface area contributed by atoms with Gasteiger partial charge in [0.25, 0.3) is 5.91 Å². The quantitative estimate of drug-likeness (QED) is 0.783. The van der Waals surface area contributed by atoms with Crippen molar-refractivity contribution in [1.29, 1.82) is 0 Å². The normalized spacial score (nSPS) is 14.7. The molecule has 25 heavy (non-hydrogen) atoms. The van der Waals surface area contributed by atoms with E-state index in [-0.39, 0.29) is 5.91 Å². The largest absolute Gasteiger partial charge is 0.378 e. The molecular formula is C18H18N4O2S. The molecule has 4 rings (SSSR count). The van der Waals surface area contributed by atoms with Crippen molar-refractivity contribution in [3.05, 3.63) is 47.7 Å². The average molecular weight is 354 g/mol. The number of morpholine rings is 1. The number of thiazole rings is 1. The van der Waals surface area contributed by atoms with Gasteiger partial charge in [0, 0.05) is 19.3 Å². The zero-order valence-corrected chi connectivity index (χ0v) is 14.7. The monoisotopic (exact) mass is 354 g/mol. The molecule has 1 aromatic carbocycles. The number of ether oxygens (including phenoxy) is 1. The van der Waals surface area contributed by atoms with Gasteiger partial charge in [0.05, 0.1) is 29.0 Å². The van der Waals surface area contributed by atoms with Gasteiger partial charge in [-0.15, -0.1) is 0 Å². The molecule has 3 aromatic rings. The number of amides is 1. The zero-order valence-electron chi connectivity index (χ0n) is 13.9. The van der Waals surface area contributed by atoms with Crippen LogP contribution in [0.25, 0.3) is 10.2 Å². The summed E-state index contributed by atoms with van der Waals surface area (Å²) >= 11 is 1.48. The molecular weight excluding hydrogens is 336 g/mol. The molecule has 0 aliphatic carbocycles. The Labute approximate surface area is 149 Å². The van der Waals surface area contributed by atoms with Crippen molar-refractivity contribution in [3.8, 4) is 0 Å². The number of para-hydroxylation sites is 1. The van der Waals surface area contributed by atoms with E-state index >= 15 is 0 Å². The third-order valence-corrected chi connectivity index (χ3v) is 5.12. The number of fused-ring (bicyclic) bond motifs is 1. The highest BCUT2D eigenvalue weighted by atomic mass is 32.1. The maximum Gasteiger partial charge on any atom is 0.261 e. The number of anilines is 2. The van der Waals surface area contributed by atoms with Crippen molar-refractivity contribution in [1.82, 2.24) is 9.97 Å². The van der Waals surface area contributed by atoms with Gasteiger partial charge in [-0.05, 0) is 30.7 Å². The number of rotatable bonds is 3. The summed E-state index contributed by atoms with van der Waals surface area (Å²) in [5.41, 5.74) is 2.59. The summed E-state index contributed by atoms with van der Waals surface area (Å²) in [6.07, 6.45) is 1.71. The first-order chi connectivity index (χ1) is 12.2. The maximum absolute atomic E-state index is 12.8. The number of hydrogen-bond donors (Lipinski definition) is 1. The average Bonchev–Trinajstić information content (AvgIpc) is 3.06. The van der Waals surface area contributed by atoms with Crippen LogP contribution in [-0.4, -0.2) is 42.2 Å². The molecule has 128 valence electrons. The molecule has 0 spiro atoms. The Hall–Kier alpha value is -2.51.